The van der Waals surface area contributed by atoms with E-state index in [1.165, 1.54) is 0 Å². The van der Waals surface area contributed by atoms with Gasteiger partial charge in [-0.3, -0.25) is 4.79 Å². The first-order chi connectivity index (χ1) is 8.58. The molecule has 0 aromatic heterocycles. The number of carbonyl (C=O) groups is 1. The predicted molar refractivity (Wildman–Crippen MR) is 70.4 cm³/mol. The molecule has 1 aromatic carbocycles. The van der Waals surface area contributed by atoms with Gasteiger partial charge in [0.05, 0.1) is 0 Å². The summed E-state index contributed by atoms with van der Waals surface area (Å²) >= 11 is 0. The van der Waals surface area contributed by atoms with E-state index in [1.807, 2.05) is 11.8 Å². The van der Waals surface area contributed by atoms with Gasteiger partial charge in [0.15, 0.2) is 0 Å². The molecule has 2 rings (SSSR count). The molecule has 18 heavy (non-hydrogen) atoms. The molecule has 4 nitrogen and oxygen atoms in total. The Morgan fingerprint density at radius 2 is 2.11 bits per heavy atom. The lowest BCUT2D eigenvalue weighted by molar-refractivity contribution is 0.0661. The molecule has 2 unspecified atom stereocenters. The summed E-state index contributed by atoms with van der Waals surface area (Å²) in [5, 5.41) is 9.22. The van der Waals surface area contributed by atoms with Gasteiger partial charge >= 0.3 is 0 Å². The van der Waals surface area contributed by atoms with Gasteiger partial charge in [0, 0.05) is 24.7 Å². The number of hydrogen-bond donors (Lipinski definition) is 2. The number of amides is 1. The first-order valence-corrected chi connectivity index (χ1v) is 6.42. The third kappa shape index (κ3) is 2.82. The number of piperidine rings is 1. The average molecular weight is 248 g/mol. The summed E-state index contributed by atoms with van der Waals surface area (Å²) in [6.07, 6.45) is 2.10. The van der Waals surface area contributed by atoms with Gasteiger partial charge in [0.2, 0.25) is 0 Å². The van der Waals surface area contributed by atoms with Crippen LogP contribution in [0.15, 0.2) is 24.3 Å². The van der Waals surface area contributed by atoms with E-state index in [0.717, 1.165) is 25.9 Å². The summed E-state index contributed by atoms with van der Waals surface area (Å²) in [4.78, 5) is 14.1. The molecule has 0 radical (unpaired) electrons. The van der Waals surface area contributed by atoms with Gasteiger partial charge in [-0.2, -0.15) is 0 Å². The van der Waals surface area contributed by atoms with Crippen molar-refractivity contribution in [1.29, 1.82) is 0 Å². The van der Waals surface area contributed by atoms with Crippen molar-refractivity contribution in [2.75, 3.05) is 13.1 Å². The third-order valence-electron chi connectivity index (χ3n) is 3.60. The van der Waals surface area contributed by atoms with Crippen LogP contribution in [0, 0.1) is 5.92 Å². The maximum atomic E-state index is 12.3. The quantitative estimate of drug-likeness (QED) is 0.835. The van der Waals surface area contributed by atoms with Crippen LogP contribution in [0.4, 0.5) is 0 Å². The molecule has 98 valence electrons. The Balaban J connectivity index is 2.06. The fourth-order valence-electron chi connectivity index (χ4n) is 2.41. The van der Waals surface area contributed by atoms with Gasteiger partial charge in [-0.15, -0.1) is 0 Å². The topological polar surface area (TPSA) is 66.6 Å². The molecular weight excluding hydrogens is 228 g/mol. The second-order valence-corrected chi connectivity index (χ2v) is 5.06. The van der Waals surface area contributed by atoms with E-state index in [1.54, 1.807) is 24.3 Å². The van der Waals surface area contributed by atoms with Crippen molar-refractivity contribution in [3.63, 3.8) is 0 Å². The SMILES string of the molecule is CC(N)C1CCCN(C(=O)c2ccc(O)cc2)C1. The molecule has 3 N–H and O–H groups in total. The minimum absolute atomic E-state index is 0.0281. The van der Waals surface area contributed by atoms with Crippen molar-refractivity contribution >= 4 is 5.91 Å². The summed E-state index contributed by atoms with van der Waals surface area (Å²) < 4.78 is 0. The minimum atomic E-state index is 0.0281. The zero-order valence-electron chi connectivity index (χ0n) is 10.7. The fourth-order valence-corrected chi connectivity index (χ4v) is 2.41. The van der Waals surface area contributed by atoms with E-state index < -0.39 is 0 Å². The van der Waals surface area contributed by atoms with Crippen molar-refractivity contribution < 1.29 is 9.90 Å². The summed E-state index contributed by atoms with van der Waals surface area (Å²) in [7, 11) is 0. The number of nitrogens with zero attached hydrogens (tertiary/aromatic N) is 1. The van der Waals surface area contributed by atoms with Crippen LogP contribution in [0.5, 0.6) is 5.75 Å². The summed E-state index contributed by atoms with van der Waals surface area (Å²) in [5.41, 5.74) is 6.54. The van der Waals surface area contributed by atoms with Gasteiger partial charge in [0.1, 0.15) is 5.75 Å². The van der Waals surface area contributed by atoms with E-state index in [0.29, 0.717) is 11.5 Å². The van der Waals surface area contributed by atoms with Gasteiger partial charge < -0.3 is 15.7 Å². The van der Waals surface area contributed by atoms with Crippen LogP contribution in [0.3, 0.4) is 0 Å². The number of carbonyl (C=O) groups excluding carboxylic acids is 1. The maximum Gasteiger partial charge on any atom is 0.253 e. The highest BCUT2D eigenvalue weighted by Gasteiger charge is 2.26. The van der Waals surface area contributed by atoms with Crippen LogP contribution in [0.1, 0.15) is 30.1 Å². The molecule has 1 aliphatic heterocycles. The number of aromatic hydroxyl groups is 1. The number of benzene rings is 1. The first kappa shape index (κ1) is 12.9. The molecule has 0 aliphatic carbocycles. The Kier molecular flexibility index (Phi) is 3.87. The second kappa shape index (κ2) is 5.40. The summed E-state index contributed by atoms with van der Waals surface area (Å²) in [6, 6.07) is 6.53. The normalized spacial score (nSPS) is 21.7. The average Bonchev–Trinajstić information content (AvgIpc) is 2.39. The second-order valence-electron chi connectivity index (χ2n) is 5.06. The Morgan fingerprint density at radius 1 is 1.44 bits per heavy atom. The van der Waals surface area contributed by atoms with Crippen molar-refractivity contribution in [3.8, 4) is 5.75 Å². The fraction of sp³-hybridized carbons (Fsp3) is 0.500. The molecule has 0 bridgehead atoms. The van der Waals surface area contributed by atoms with Gasteiger partial charge in [-0.05, 0) is 49.9 Å². The van der Waals surface area contributed by atoms with E-state index >= 15 is 0 Å². The number of rotatable bonds is 2. The Bertz CT molecular complexity index is 414. The van der Waals surface area contributed by atoms with Gasteiger partial charge in [0.25, 0.3) is 5.91 Å². The van der Waals surface area contributed by atoms with E-state index in [9.17, 15) is 9.90 Å². The number of likely N-dealkylation sites (tertiary alicyclic amines) is 1. The van der Waals surface area contributed by atoms with Crippen molar-refractivity contribution in [2.45, 2.75) is 25.8 Å². The standard InChI is InChI=1S/C14H20N2O2/c1-10(15)12-3-2-8-16(9-12)14(18)11-4-6-13(17)7-5-11/h4-7,10,12,17H,2-3,8-9,15H2,1H3. The van der Waals surface area contributed by atoms with Crippen LogP contribution >= 0.6 is 0 Å². The molecule has 0 saturated carbocycles. The van der Waals surface area contributed by atoms with Crippen molar-refractivity contribution in [3.05, 3.63) is 29.8 Å². The van der Waals surface area contributed by atoms with Crippen molar-refractivity contribution in [2.24, 2.45) is 11.7 Å². The predicted octanol–water partition coefficient (Wildman–Crippen LogP) is 1.59. The molecule has 4 heteroatoms. The molecule has 0 spiro atoms. The van der Waals surface area contributed by atoms with E-state index in [2.05, 4.69) is 0 Å². The number of phenolic OH excluding ortho intramolecular Hbond substituents is 1. The Hall–Kier alpha value is -1.55. The lowest BCUT2D eigenvalue weighted by Gasteiger charge is -2.34. The highest BCUT2D eigenvalue weighted by molar-refractivity contribution is 5.94. The molecule has 1 heterocycles. The van der Waals surface area contributed by atoms with Crippen LogP contribution in [0.2, 0.25) is 0 Å². The number of hydrogen-bond acceptors (Lipinski definition) is 3. The van der Waals surface area contributed by atoms with Gasteiger partial charge in [-0.1, -0.05) is 0 Å². The minimum Gasteiger partial charge on any atom is -0.508 e. The third-order valence-corrected chi connectivity index (χ3v) is 3.60. The lowest BCUT2D eigenvalue weighted by Crippen LogP contribution is -2.45. The molecule has 2 atom stereocenters. The number of phenols is 1. The maximum absolute atomic E-state index is 12.3. The molecule has 1 amide bonds. The molecular formula is C14H20N2O2. The van der Waals surface area contributed by atoms with Crippen LogP contribution in [-0.4, -0.2) is 35.0 Å². The molecule has 1 aromatic rings. The van der Waals surface area contributed by atoms with Crippen LogP contribution in [0.25, 0.3) is 0 Å². The highest BCUT2D eigenvalue weighted by atomic mass is 16.3. The van der Waals surface area contributed by atoms with Gasteiger partial charge in [-0.25, -0.2) is 0 Å². The summed E-state index contributed by atoms with van der Waals surface area (Å²) in [5.74, 6) is 0.596. The van der Waals surface area contributed by atoms with Crippen LogP contribution in [-0.2, 0) is 0 Å². The lowest BCUT2D eigenvalue weighted by atomic mass is 9.92. The first-order valence-electron chi connectivity index (χ1n) is 6.42. The molecule has 1 saturated heterocycles. The monoisotopic (exact) mass is 248 g/mol. The molecule has 1 aliphatic rings. The number of nitrogens with two attached hydrogens (primary N) is 1. The highest BCUT2D eigenvalue weighted by Crippen LogP contribution is 2.21. The Morgan fingerprint density at radius 3 is 2.72 bits per heavy atom. The van der Waals surface area contributed by atoms with E-state index in [-0.39, 0.29) is 17.7 Å². The van der Waals surface area contributed by atoms with Crippen molar-refractivity contribution in [1.82, 2.24) is 4.90 Å². The summed E-state index contributed by atoms with van der Waals surface area (Å²) in [6.45, 7) is 3.53. The zero-order chi connectivity index (χ0) is 13.1. The van der Waals surface area contributed by atoms with E-state index in [4.69, 9.17) is 5.73 Å². The van der Waals surface area contributed by atoms with Crippen LogP contribution < -0.4 is 5.73 Å². The zero-order valence-corrected chi connectivity index (χ0v) is 10.7. The smallest absolute Gasteiger partial charge is 0.253 e. The Labute approximate surface area is 107 Å². The largest absolute Gasteiger partial charge is 0.508 e. The molecule has 1 fully saturated rings.